The van der Waals surface area contributed by atoms with E-state index in [0.717, 1.165) is 19.5 Å². The molecule has 1 N–H and O–H groups in total. The summed E-state index contributed by atoms with van der Waals surface area (Å²) < 4.78 is 0. The van der Waals surface area contributed by atoms with Crippen molar-refractivity contribution in [2.24, 2.45) is 4.99 Å². The van der Waals surface area contributed by atoms with Gasteiger partial charge in [0, 0.05) is 24.8 Å². The van der Waals surface area contributed by atoms with Crippen LogP contribution in [0.15, 0.2) is 29.3 Å². The molecule has 2 nitrogen and oxygen atoms in total. The highest BCUT2D eigenvalue weighted by Gasteiger charge is 2.01. The van der Waals surface area contributed by atoms with Gasteiger partial charge in [0.25, 0.3) is 0 Å². The number of unbranched alkanes of at least 4 members (excludes halogenated alkanes) is 4. The zero-order chi connectivity index (χ0) is 17.2. The van der Waals surface area contributed by atoms with E-state index in [9.17, 15) is 0 Å². The Labute approximate surface area is 145 Å². The quantitative estimate of drug-likeness (QED) is 0.220. The largest absolute Gasteiger partial charge is 0.314 e. The van der Waals surface area contributed by atoms with Crippen molar-refractivity contribution < 1.29 is 0 Å². The zero-order valence-electron chi connectivity index (χ0n) is 16.1. The highest BCUT2D eigenvalue weighted by molar-refractivity contribution is 5.82. The van der Waals surface area contributed by atoms with Crippen molar-refractivity contribution in [3.8, 4) is 0 Å². The first-order chi connectivity index (χ1) is 11.2. The van der Waals surface area contributed by atoms with E-state index in [1.807, 2.05) is 0 Å². The Bertz CT molecular complexity index is 325. The van der Waals surface area contributed by atoms with E-state index in [-0.39, 0.29) is 0 Å². The summed E-state index contributed by atoms with van der Waals surface area (Å²) in [6.45, 7) is 10.8. The minimum Gasteiger partial charge on any atom is -0.314 e. The minimum atomic E-state index is 0.675. The van der Waals surface area contributed by atoms with Gasteiger partial charge in [0.05, 0.1) is 0 Å². The molecule has 0 aromatic heterocycles. The highest BCUT2D eigenvalue weighted by atomic mass is 14.9. The van der Waals surface area contributed by atoms with Crippen molar-refractivity contribution in [2.75, 3.05) is 13.1 Å². The number of aliphatic imine (C=N–C) groups is 1. The van der Waals surface area contributed by atoms with Crippen molar-refractivity contribution in [2.45, 2.75) is 91.5 Å². The molecule has 0 saturated heterocycles. The van der Waals surface area contributed by atoms with E-state index >= 15 is 0 Å². The smallest absolute Gasteiger partial charge is 0.0388 e. The number of nitrogens with zero attached hydrogens (tertiary/aromatic N) is 1. The summed E-state index contributed by atoms with van der Waals surface area (Å²) in [5.41, 5.74) is 1.30. The molecule has 0 atom stereocenters. The van der Waals surface area contributed by atoms with Crippen molar-refractivity contribution in [3.05, 3.63) is 24.3 Å². The molecule has 0 spiro atoms. The Balaban J connectivity index is 3.47. The van der Waals surface area contributed by atoms with Gasteiger partial charge in [-0.15, -0.1) is 0 Å². The van der Waals surface area contributed by atoms with E-state index < -0.39 is 0 Å². The molecule has 0 aliphatic rings. The fraction of sp³-hybridized carbons (Fsp3) is 0.762. The van der Waals surface area contributed by atoms with Crippen LogP contribution in [0.5, 0.6) is 0 Å². The number of hydrogen-bond acceptors (Lipinski definition) is 2. The second-order valence-corrected chi connectivity index (χ2v) is 6.30. The molecule has 0 aromatic carbocycles. The third-order valence-corrected chi connectivity index (χ3v) is 4.22. The zero-order valence-corrected chi connectivity index (χ0v) is 16.1. The number of nitrogens with one attached hydrogen (secondary N) is 1. The molecule has 0 heterocycles. The Morgan fingerprint density at radius 1 is 0.957 bits per heavy atom. The lowest BCUT2D eigenvalue weighted by molar-refractivity contribution is 0.492. The normalized spacial score (nSPS) is 13.0. The van der Waals surface area contributed by atoms with Crippen LogP contribution in [0, 0.1) is 0 Å². The minimum absolute atomic E-state index is 0.675. The van der Waals surface area contributed by atoms with Gasteiger partial charge in [-0.3, -0.25) is 4.99 Å². The molecule has 23 heavy (non-hydrogen) atoms. The number of allylic oxidation sites excluding steroid dienone is 4. The average molecular weight is 321 g/mol. The van der Waals surface area contributed by atoms with Crippen molar-refractivity contribution in [1.82, 2.24) is 5.32 Å². The van der Waals surface area contributed by atoms with Crippen LogP contribution in [-0.2, 0) is 0 Å². The lowest BCUT2D eigenvalue weighted by atomic mass is 10.1. The SMILES string of the molecule is C/C=C\CC/C=C/CCCCCN=C(C)CCNC(CC)CC. The van der Waals surface area contributed by atoms with E-state index in [0.29, 0.717) is 6.04 Å². The first kappa shape index (κ1) is 22.1. The Morgan fingerprint density at radius 3 is 2.35 bits per heavy atom. The van der Waals surface area contributed by atoms with Gasteiger partial charge in [0.1, 0.15) is 0 Å². The van der Waals surface area contributed by atoms with Crippen LogP contribution in [0.2, 0.25) is 0 Å². The van der Waals surface area contributed by atoms with Gasteiger partial charge < -0.3 is 5.32 Å². The van der Waals surface area contributed by atoms with Gasteiger partial charge in [0.15, 0.2) is 0 Å². The molecule has 0 saturated carbocycles. The molecular weight excluding hydrogens is 280 g/mol. The van der Waals surface area contributed by atoms with Crippen molar-refractivity contribution in [1.29, 1.82) is 0 Å². The van der Waals surface area contributed by atoms with Gasteiger partial charge in [0.2, 0.25) is 0 Å². The van der Waals surface area contributed by atoms with Crippen molar-refractivity contribution >= 4 is 5.71 Å². The molecule has 134 valence electrons. The molecule has 0 aromatic rings. The van der Waals surface area contributed by atoms with Gasteiger partial charge in [-0.2, -0.15) is 0 Å². The molecule has 0 amide bonds. The second-order valence-electron chi connectivity index (χ2n) is 6.30. The van der Waals surface area contributed by atoms with Crippen LogP contribution >= 0.6 is 0 Å². The van der Waals surface area contributed by atoms with E-state index in [1.54, 1.807) is 0 Å². The molecule has 0 rings (SSSR count). The topological polar surface area (TPSA) is 24.4 Å². The lowest BCUT2D eigenvalue weighted by Crippen LogP contribution is -2.29. The van der Waals surface area contributed by atoms with E-state index in [1.165, 1.54) is 57.1 Å². The molecule has 0 radical (unpaired) electrons. The fourth-order valence-corrected chi connectivity index (χ4v) is 2.53. The maximum Gasteiger partial charge on any atom is 0.0388 e. The molecule has 0 aliphatic heterocycles. The summed E-state index contributed by atoms with van der Waals surface area (Å²) in [7, 11) is 0. The fourth-order valence-electron chi connectivity index (χ4n) is 2.53. The first-order valence-electron chi connectivity index (χ1n) is 9.74. The summed E-state index contributed by atoms with van der Waals surface area (Å²) in [5.74, 6) is 0. The maximum atomic E-state index is 4.69. The summed E-state index contributed by atoms with van der Waals surface area (Å²) in [5, 5.41) is 3.60. The highest BCUT2D eigenvalue weighted by Crippen LogP contribution is 2.03. The van der Waals surface area contributed by atoms with Crippen LogP contribution in [0.4, 0.5) is 0 Å². The average Bonchev–Trinajstić information content (AvgIpc) is 2.56. The van der Waals surface area contributed by atoms with Crippen LogP contribution < -0.4 is 5.32 Å². The summed E-state index contributed by atoms with van der Waals surface area (Å²) in [4.78, 5) is 4.69. The Hall–Kier alpha value is -0.890. The van der Waals surface area contributed by atoms with Crippen LogP contribution in [0.3, 0.4) is 0 Å². The molecule has 0 fully saturated rings. The standard InChI is InChI=1S/C21H40N2/c1-5-8-9-10-11-12-13-14-15-16-18-22-20(4)17-19-23-21(6-2)7-3/h5,8,11-12,21,23H,6-7,9-10,13-19H2,1-4H3/b8-5-,12-11+,22-20?. The predicted molar refractivity (Wildman–Crippen MR) is 107 cm³/mol. The second kappa shape index (κ2) is 17.5. The summed E-state index contributed by atoms with van der Waals surface area (Å²) in [6.07, 6.45) is 19.9. The van der Waals surface area contributed by atoms with Crippen LogP contribution in [0.1, 0.15) is 85.5 Å². The molecule has 2 heteroatoms. The summed E-state index contributed by atoms with van der Waals surface area (Å²) in [6, 6.07) is 0.675. The first-order valence-corrected chi connectivity index (χ1v) is 9.74. The molecule has 0 unspecified atom stereocenters. The lowest BCUT2D eigenvalue weighted by Gasteiger charge is -2.14. The van der Waals surface area contributed by atoms with Crippen molar-refractivity contribution in [3.63, 3.8) is 0 Å². The van der Waals surface area contributed by atoms with E-state index in [2.05, 4.69) is 57.3 Å². The molecular formula is C21H40N2. The summed E-state index contributed by atoms with van der Waals surface area (Å²) >= 11 is 0. The monoisotopic (exact) mass is 320 g/mol. The predicted octanol–water partition coefficient (Wildman–Crippen LogP) is 6.09. The van der Waals surface area contributed by atoms with Gasteiger partial charge in [-0.05, 0) is 65.2 Å². The molecule has 0 bridgehead atoms. The van der Waals surface area contributed by atoms with Gasteiger partial charge in [-0.25, -0.2) is 0 Å². The third-order valence-electron chi connectivity index (χ3n) is 4.22. The van der Waals surface area contributed by atoms with Gasteiger partial charge in [-0.1, -0.05) is 44.6 Å². The Kier molecular flexibility index (Phi) is 16.8. The number of hydrogen-bond donors (Lipinski definition) is 1. The van der Waals surface area contributed by atoms with Crippen LogP contribution in [-0.4, -0.2) is 24.8 Å². The Morgan fingerprint density at radius 2 is 1.65 bits per heavy atom. The third kappa shape index (κ3) is 15.8. The molecule has 0 aliphatic carbocycles. The van der Waals surface area contributed by atoms with Crippen LogP contribution in [0.25, 0.3) is 0 Å². The van der Waals surface area contributed by atoms with E-state index in [4.69, 9.17) is 4.99 Å². The number of rotatable bonds is 15. The van der Waals surface area contributed by atoms with Gasteiger partial charge >= 0.3 is 0 Å². The maximum absolute atomic E-state index is 4.69.